The molecule has 0 atom stereocenters. The first-order valence-corrected chi connectivity index (χ1v) is 6.84. The van der Waals surface area contributed by atoms with Crippen LogP contribution in [0.3, 0.4) is 0 Å². The topological polar surface area (TPSA) is 83.6 Å². The fourth-order valence-electron chi connectivity index (χ4n) is 1.89. The number of aliphatic hydroxyl groups excluding tert-OH is 1. The van der Waals surface area contributed by atoms with Gasteiger partial charge in [-0.25, -0.2) is 0 Å². The zero-order valence-corrected chi connectivity index (χ0v) is 11.6. The van der Waals surface area contributed by atoms with E-state index < -0.39 is 5.91 Å². The molecule has 1 aromatic rings. The lowest BCUT2D eigenvalue weighted by molar-refractivity contribution is -0.132. The number of carbonyl (C=O) groups is 2. The van der Waals surface area contributed by atoms with Crippen LogP contribution in [0.25, 0.3) is 0 Å². The predicted molar refractivity (Wildman–Crippen MR) is 76.6 cm³/mol. The van der Waals surface area contributed by atoms with Gasteiger partial charge in [0, 0.05) is 32.5 Å². The van der Waals surface area contributed by atoms with Gasteiger partial charge >= 0.3 is 0 Å². The number of rotatable bonds is 9. The summed E-state index contributed by atoms with van der Waals surface area (Å²) in [7, 11) is 0. The lowest BCUT2D eigenvalue weighted by Gasteiger charge is -2.22. The second kappa shape index (κ2) is 9.09. The molecule has 0 aliphatic rings. The van der Waals surface area contributed by atoms with Crippen LogP contribution in [-0.4, -0.2) is 35.0 Å². The number of amides is 2. The number of nitrogens with zero attached hydrogens (tertiary/aromatic N) is 1. The molecule has 0 saturated heterocycles. The molecule has 0 radical (unpaired) electrons. The van der Waals surface area contributed by atoms with Gasteiger partial charge in [-0.15, -0.1) is 0 Å². The zero-order chi connectivity index (χ0) is 14.8. The first-order valence-electron chi connectivity index (χ1n) is 6.84. The van der Waals surface area contributed by atoms with Crippen LogP contribution in [0.5, 0.6) is 0 Å². The second-order valence-corrected chi connectivity index (χ2v) is 4.70. The molecule has 0 aliphatic heterocycles. The van der Waals surface area contributed by atoms with Crippen molar-refractivity contribution in [2.45, 2.75) is 32.2 Å². The lowest BCUT2D eigenvalue weighted by atomic mass is 10.1. The van der Waals surface area contributed by atoms with Crippen molar-refractivity contribution in [3.8, 4) is 0 Å². The molecule has 3 N–H and O–H groups in total. The van der Waals surface area contributed by atoms with Gasteiger partial charge in [-0.3, -0.25) is 9.59 Å². The van der Waals surface area contributed by atoms with Crippen molar-refractivity contribution in [1.82, 2.24) is 4.90 Å². The van der Waals surface area contributed by atoms with Crippen LogP contribution >= 0.6 is 0 Å². The van der Waals surface area contributed by atoms with Crippen molar-refractivity contribution >= 4 is 11.8 Å². The van der Waals surface area contributed by atoms with E-state index in [4.69, 9.17) is 10.8 Å². The van der Waals surface area contributed by atoms with E-state index in [-0.39, 0.29) is 18.9 Å². The number of aliphatic hydroxyl groups is 1. The SMILES string of the molecule is NC(=O)CCN(Cc1ccccc1)C(=O)CCCCO. The molecule has 0 aliphatic carbocycles. The first-order chi connectivity index (χ1) is 9.63. The summed E-state index contributed by atoms with van der Waals surface area (Å²) in [6, 6.07) is 9.63. The number of nitrogens with two attached hydrogens (primary N) is 1. The monoisotopic (exact) mass is 278 g/mol. The van der Waals surface area contributed by atoms with Crippen molar-refractivity contribution in [3.05, 3.63) is 35.9 Å². The Morgan fingerprint density at radius 1 is 1.10 bits per heavy atom. The highest BCUT2D eigenvalue weighted by atomic mass is 16.3. The number of hydrogen-bond acceptors (Lipinski definition) is 3. The van der Waals surface area contributed by atoms with Crippen LogP contribution < -0.4 is 5.73 Å². The number of primary amides is 1. The molecule has 0 unspecified atom stereocenters. The highest BCUT2D eigenvalue weighted by molar-refractivity contribution is 5.78. The standard InChI is InChI=1S/C15H22N2O3/c16-14(19)9-10-17(15(20)8-4-5-11-18)12-13-6-2-1-3-7-13/h1-3,6-7,18H,4-5,8-12H2,(H2,16,19). The van der Waals surface area contributed by atoms with Crippen LogP contribution in [0.15, 0.2) is 30.3 Å². The molecule has 0 heterocycles. The lowest BCUT2D eigenvalue weighted by Crippen LogP contribution is -2.33. The maximum Gasteiger partial charge on any atom is 0.222 e. The molecule has 5 heteroatoms. The molecular weight excluding hydrogens is 256 g/mol. The normalized spacial score (nSPS) is 10.2. The average Bonchev–Trinajstić information content (AvgIpc) is 2.44. The van der Waals surface area contributed by atoms with Crippen LogP contribution in [-0.2, 0) is 16.1 Å². The van der Waals surface area contributed by atoms with Gasteiger partial charge in [-0.05, 0) is 18.4 Å². The second-order valence-electron chi connectivity index (χ2n) is 4.70. The third kappa shape index (κ3) is 6.33. The molecule has 0 fully saturated rings. The summed E-state index contributed by atoms with van der Waals surface area (Å²) in [6.45, 7) is 0.904. The summed E-state index contributed by atoms with van der Waals surface area (Å²) in [4.78, 5) is 24.7. The van der Waals surface area contributed by atoms with Gasteiger partial charge in [-0.1, -0.05) is 30.3 Å². The van der Waals surface area contributed by atoms with Crippen molar-refractivity contribution in [2.24, 2.45) is 5.73 Å². The minimum Gasteiger partial charge on any atom is -0.396 e. The predicted octanol–water partition coefficient (Wildman–Crippen LogP) is 1.05. The number of unbranched alkanes of at least 4 members (excludes halogenated alkanes) is 1. The molecule has 5 nitrogen and oxygen atoms in total. The maximum atomic E-state index is 12.1. The van der Waals surface area contributed by atoms with E-state index >= 15 is 0 Å². The fourth-order valence-corrected chi connectivity index (χ4v) is 1.89. The van der Waals surface area contributed by atoms with Gasteiger partial charge in [0.05, 0.1) is 0 Å². The van der Waals surface area contributed by atoms with Crippen molar-refractivity contribution in [3.63, 3.8) is 0 Å². The number of hydrogen-bond donors (Lipinski definition) is 2. The van der Waals surface area contributed by atoms with Gasteiger partial charge < -0.3 is 15.7 Å². The van der Waals surface area contributed by atoms with E-state index in [1.807, 2.05) is 30.3 Å². The molecule has 0 aromatic heterocycles. The Morgan fingerprint density at radius 2 is 1.80 bits per heavy atom. The molecule has 2 amide bonds. The molecular formula is C15H22N2O3. The molecule has 1 aromatic carbocycles. The first kappa shape index (κ1) is 16.2. The zero-order valence-electron chi connectivity index (χ0n) is 11.6. The molecule has 0 saturated carbocycles. The van der Waals surface area contributed by atoms with Crippen molar-refractivity contribution in [2.75, 3.05) is 13.2 Å². The Balaban J connectivity index is 2.59. The summed E-state index contributed by atoms with van der Waals surface area (Å²) < 4.78 is 0. The minimum absolute atomic E-state index is 0.0106. The molecule has 0 bridgehead atoms. The van der Waals surface area contributed by atoms with Gasteiger partial charge in [0.15, 0.2) is 0 Å². The summed E-state index contributed by atoms with van der Waals surface area (Å²) in [5.41, 5.74) is 6.17. The number of carbonyl (C=O) groups excluding carboxylic acids is 2. The highest BCUT2D eigenvalue weighted by Crippen LogP contribution is 2.08. The van der Waals surface area contributed by atoms with E-state index in [0.717, 1.165) is 5.56 Å². The maximum absolute atomic E-state index is 12.1. The Hall–Kier alpha value is -1.88. The van der Waals surface area contributed by atoms with Crippen LogP contribution in [0.1, 0.15) is 31.2 Å². The van der Waals surface area contributed by atoms with E-state index in [1.165, 1.54) is 0 Å². The minimum atomic E-state index is -0.411. The van der Waals surface area contributed by atoms with Crippen molar-refractivity contribution in [1.29, 1.82) is 0 Å². The van der Waals surface area contributed by atoms with Gasteiger partial charge in [0.25, 0.3) is 0 Å². The molecule has 1 rings (SSSR count). The smallest absolute Gasteiger partial charge is 0.222 e. The Labute approximate surface area is 119 Å². The summed E-state index contributed by atoms with van der Waals surface area (Å²) in [5.74, 6) is -0.422. The Morgan fingerprint density at radius 3 is 2.40 bits per heavy atom. The number of benzene rings is 1. The molecule has 0 spiro atoms. The third-order valence-electron chi connectivity index (χ3n) is 3.00. The summed E-state index contributed by atoms with van der Waals surface area (Å²) >= 11 is 0. The largest absolute Gasteiger partial charge is 0.396 e. The third-order valence-corrected chi connectivity index (χ3v) is 3.00. The molecule has 20 heavy (non-hydrogen) atoms. The van der Waals surface area contributed by atoms with E-state index in [2.05, 4.69) is 0 Å². The van der Waals surface area contributed by atoms with Gasteiger partial charge in [-0.2, -0.15) is 0 Å². The summed E-state index contributed by atoms with van der Waals surface area (Å²) in [6.07, 6.45) is 1.81. The Kier molecular flexibility index (Phi) is 7.35. The molecule has 110 valence electrons. The van der Waals surface area contributed by atoms with Crippen molar-refractivity contribution < 1.29 is 14.7 Å². The Bertz CT molecular complexity index is 420. The summed E-state index contributed by atoms with van der Waals surface area (Å²) in [5, 5.41) is 8.74. The average molecular weight is 278 g/mol. The fraction of sp³-hybridized carbons (Fsp3) is 0.467. The van der Waals surface area contributed by atoms with Gasteiger partial charge in [0.1, 0.15) is 0 Å². The van der Waals surface area contributed by atoms with E-state index in [0.29, 0.717) is 32.4 Å². The van der Waals surface area contributed by atoms with Gasteiger partial charge in [0.2, 0.25) is 11.8 Å². The van der Waals surface area contributed by atoms with Crippen LogP contribution in [0, 0.1) is 0 Å². The van der Waals surface area contributed by atoms with E-state index in [9.17, 15) is 9.59 Å². The van der Waals surface area contributed by atoms with Crippen LogP contribution in [0.2, 0.25) is 0 Å². The van der Waals surface area contributed by atoms with E-state index in [1.54, 1.807) is 4.90 Å². The quantitative estimate of drug-likeness (QED) is 0.662. The van der Waals surface area contributed by atoms with Crippen LogP contribution in [0.4, 0.5) is 0 Å². The highest BCUT2D eigenvalue weighted by Gasteiger charge is 2.14.